The molecule has 1 aliphatic carbocycles. The number of pyridine rings is 1. The fourth-order valence-corrected chi connectivity index (χ4v) is 6.60. The third-order valence-electron chi connectivity index (χ3n) is 8.44. The second-order valence-electron chi connectivity index (χ2n) is 11.3. The van der Waals surface area contributed by atoms with Gasteiger partial charge in [-0.3, -0.25) is 4.68 Å². The van der Waals surface area contributed by atoms with E-state index in [9.17, 15) is 0 Å². The predicted molar refractivity (Wildman–Crippen MR) is 132 cm³/mol. The molecule has 2 bridgehead atoms. The SMILES string of the molecule is Cc1ncn(CC23COC(c4nc5c(C)cc(N6CC[C@](C)(c7ccccc7)C6)cn5n4)(C2)C3)n1. The van der Waals surface area contributed by atoms with Crippen molar-refractivity contribution in [3.8, 4) is 0 Å². The zero-order valence-electron chi connectivity index (χ0n) is 20.6. The molecule has 1 aromatic carbocycles. The quantitative estimate of drug-likeness (QED) is 0.443. The van der Waals surface area contributed by atoms with E-state index >= 15 is 0 Å². The maximum Gasteiger partial charge on any atom is 0.183 e. The van der Waals surface area contributed by atoms with Gasteiger partial charge < -0.3 is 9.64 Å². The molecular weight excluding hydrogens is 438 g/mol. The van der Waals surface area contributed by atoms with Crippen molar-refractivity contribution in [2.24, 2.45) is 5.41 Å². The molecule has 1 atom stereocenters. The lowest BCUT2D eigenvalue weighted by atomic mass is 9.62. The van der Waals surface area contributed by atoms with Crippen molar-refractivity contribution in [1.29, 1.82) is 0 Å². The molecule has 8 rings (SSSR count). The monoisotopic (exact) mass is 469 g/mol. The first-order valence-electron chi connectivity index (χ1n) is 12.5. The van der Waals surface area contributed by atoms with Crippen LogP contribution in [-0.2, 0) is 22.3 Å². The summed E-state index contributed by atoms with van der Waals surface area (Å²) in [5, 5.41) is 9.43. The number of rotatable bonds is 5. The van der Waals surface area contributed by atoms with Crippen molar-refractivity contribution in [3.05, 3.63) is 71.7 Å². The summed E-state index contributed by atoms with van der Waals surface area (Å²) in [6.07, 6.45) is 6.97. The number of fused-ring (bicyclic) bond motifs is 2. The van der Waals surface area contributed by atoms with Crippen LogP contribution in [0.15, 0.2) is 48.9 Å². The number of hydrogen-bond acceptors (Lipinski definition) is 6. The van der Waals surface area contributed by atoms with E-state index in [2.05, 4.69) is 71.4 Å². The molecule has 0 unspecified atom stereocenters. The summed E-state index contributed by atoms with van der Waals surface area (Å²) in [5.41, 5.74) is 4.58. The van der Waals surface area contributed by atoms with Crippen molar-refractivity contribution in [2.45, 2.75) is 57.6 Å². The Labute approximate surface area is 204 Å². The van der Waals surface area contributed by atoms with Crippen LogP contribution in [0.2, 0.25) is 0 Å². The molecule has 3 aromatic heterocycles. The van der Waals surface area contributed by atoms with Gasteiger partial charge >= 0.3 is 0 Å². The van der Waals surface area contributed by atoms with Crippen LogP contribution in [0.4, 0.5) is 5.69 Å². The summed E-state index contributed by atoms with van der Waals surface area (Å²) in [5.74, 6) is 1.62. The molecule has 3 saturated heterocycles. The van der Waals surface area contributed by atoms with Crippen LogP contribution in [-0.4, -0.2) is 49.1 Å². The van der Waals surface area contributed by atoms with Crippen LogP contribution in [0.5, 0.6) is 0 Å². The molecule has 8 heteroatoms. The van der Waals surface area contributed by atoms with E-state index < -0.39 is 0 Å². The Morgan fingerprint density at radius 1 is 1.09 bits per heavy atom. The Hall–Kier alpha value is -3.26. The number of benzene rings is 1. The van der Waals surface area contributed by atoms with E-state index in [4.69, 9.17) is 14.8 Å². The first kappa shape index (κ1) is 21.1. The van der Waals surface area contributed by atoms with Gasteiger partial charge in [0.2, 0.25) is 0 Å². The molecule has 4 aromatic rings. The molecular formula is C27H31N7O. The summed E-state index contributed by atoms with van der Waals surface area (Å²) in [4.78, 5) is 11.7. The van der Waals surface area contributed by atoms with Gasteiger partial charge in [-0.15, -0.1) is 5.10 Å². The van der Waals surface area contributed by atoms with E-state index in [0.29, 0.717) is 0 Å². The summed E-state index contributed by atoms with van der Waals surface area (Å²) in [6.45, 7) is 10.0. The highest BCUT2D eigenvalue weighted by atomic mass is 16.5. The van der Waals surface area contributed by atoms with Gasteiger partial charge in [0.25, 0.3) is 0 Å². The molecule has 180 valence electrons. The highest BCUT2D eigenvalue weighted by Gasteiger charge is 2.65. The Morgan fingerprint density at radius 2 is 1.91 bits per heavy atom. The van der Waals surface area contributed by atoms with Crippen LogP contribution < -0.4 is 4.90 Å². The van der Waals surface area contributed by atoms with Crippen molar-refractivity contribution < 1.29 is 4.74 Å². The predicted octanol–water partition coefficient (Wildman–Crippen LogP) is 3.81. The molecule has 0 spiro atoms. The number of ether oxygens (including phenoxy) is 1. The summed E-state index contributed by atoms with van der Waals surface area (Å²) in [6, 6.07) is 13.1. The van der Waals surface area contributed by atoms with Gasteiger partial charge in [-0.1, -0.05) is 37.3 Å². The molecule has 8 nitrogen and oxygen atoms in total. The molecule has 3 aliphatic heterocycles. The normalized spacial score (nSPS) is 29.7. The third kappa shape index (κ3) is 3.22. The molecule has 35 heavy (non-hydrogen) atoms. The average Bonchev–Trinajstić information content (AvgIpc) is 3.63. The minimum Gasteiger partial charge on any atom is -0.369 e. The van der Waals surface area contributed by atoms with Gasteiger partial charge in [-0.05, 0) is 50.3 Å². The standard InChI is InChI=1S/C27H31N7O/c1-19-11-22(32-10-9-25(3,15-32)21-7-5-4-6-8-21)12-34-23(19)29-24(31-34)27-13-26(14-27,17-35-27)16-33-18-28-20(2)30-33/h4-8,11-12,18H,9-10,13-17H2,1-3H3/t25-,26?,27?/m0/s1. The van der Waals surface area contributed by atoms with Crippen molar-refractivity contribution in [3.63, 3.8) is 0 Å². The fourth-order valence-electron chi connectivity index (χ4n) is 6.60. The zero-order chi connectivity index (χ0) is 23.8. The summed E-state index contributed by atoms with van der Waals surface area (Å²) >= 11 is 0. The van der Waals surface area contributed by atoms with Crippen molar-refractivity contribution >= 4 is 11.3 Å². The van der Waals surface area contributed by atoms with E-state index in [-0.39, 0.29) is 16.4 Å². The molecule has 1 saturated carbocycles. The Bertz CT molecular complexity index is 1420. The highest BCUT2D eigenvalue weighted by molar-refractivity contribution is 5.58. The van der Waals surface area contributed by atoms with Crippen LogP contribution in [0, 0.1) is 19.3 Å². The van der Waals surface area contributed by atoms with E-state index in [1.54, 1.807) is 0 Å². The lowest BCUT2D eigenvalue weighted by Crippen LogP contribution is -2.45. The van der Waals surface area contributed by atoms with Crippen molar-refractivity contribution in [1.82, 2.24) is 29.4 Å². The molecule has 4 aliphatic rings. The Balaban J connectivity index is 1.14. The second-order valence-corrected chi connectivity index (χ2v) is 11.3. The van der Waals surface area contributed by atoms with Crippen molar-refractivity contribution in [2.75, 3.05) is 24.6 Å². The maximum atomic E-state index is 6.35. The van der Waals surface area contributed by atoms with Gasteiger partial charge in [0.05, 0.1) is 25.0 Å². The minimum absolute atomic E-state index is 0.106. The number of aromatic nitrogens is 6. The zero-order valence-corrected chi connectivity index (χ0v) is 20.6. The minimum atomic E-state index is -0.367. The molecule has 0 N–H and O–H groups in total. The lowest BCUT2D eigenvalue weighted by Gasteiger charge is -2.42. The van der Waals surface area contributed by atoms with Crippen LogP contribution in [0.1, 0.15) is 49.0 Å². The van der Waals surface area contributed by atoms with E-state index in [1.807, 2.05) is 22.4 Å². The van der Waals surface area contributed by atoms with Crippen LogP contribution in [0.3, 0.4) is 0 Å². The number of aryl methyl sites for hydroxylation is 2. The Kier molecular flexibility index (Phi) is 4.29. The van der Waals surface area contributed by atoms with Gasteiger partial charge in [0, 0.05) is 23.9 Å². The van der Waals surface area contributed by atoms with Crippen LogP contribution >= 0.6 is 0 Å². The number of anilines is 1. The lowest BCUT2D eigenvalue weighted by molar-refractivity contribution is -0.0321. The second kappa shape index (κ2) is 7.13. The molecule has 4 fully saturated rings. The third-order valence-corrected chi connectivity index (χ3v) is 8.44. The number of nitrogens with zero attached hydrogens (tertiary/aromatic N) is 7. The first-order valence-corrected chi connectivity index (χ1v) is 12.5. The van der Waals surface area contributed by atoms with Gasteiger partial charge in [0.1, 0.15) is 17.8 Å². The molecule has 6 heterocycles. The largest absolute Gasteiger partial charge is 0.369 e. The first-order chi connectivity index (χ1) is 16.9. The van der Waals surface area contributed by atoms with Gasteiger partial charge in [-0.25, -0.2) is 14.5 Å². The average molecular weight is 470 g/mol. The number of hydrogen-bond donors (Lipinski definition) is 0. The van der Waals surface area contributed by atoms with Crippen LogP contribution in [0.25, 0.3) is 5.65 Å². The van der Waals surface area contributed by atoms with E-state index in [0.717, 1.165) is 68.4 Å². The summed E-state index contributed by atoms with van der Waals surface area (Å²) < 4.78 is 10.3. The highest BCUT2D eigenvalue weighted by Crippen LogP contribution is 2.63. The summed E-state index contributed by atoms with van der Waals surface area (Å²) in [7, 11) is 0. The molecule has 0 amide bonds. The smallest absolute Gasteiger partial charge is 0.183 e. The Morgan fingerprint density at radius 3 is 2.69 bits per heavy atom. The maximum absolute atomic E-state index is 6.35. The van der Waals surface area contributed by atoms with Gasteiger partial charge in [0.15, 0.2) is 11.5 Å². The molecule has 0 radical (unpaired) electrons. The van der Waals surface area contributed by atoms with Gasteiger partial charge in [-0.2, -0.15) is 5.10 Å². The van der Waals surface area contributed by atoms with E-state index in [1.165, 1.54) is 11.3 Å². The fraction of sp³-hybridized carbons (Fsp3) is 0.481. The topological polar surface area (TPSA) is 73.4 Å².